The van der Waals surface area contributed by atoms with Gasteiger partial charge in [-0.15, -0.1) is 0 Å². The zero-order chi connectivity index (χ0) is 14.7. The molecule has 1 aromatic carbocycles. The molecule has 2 aromatic heterocycles. The van der Waals surface area contributed by atoms with Crippen LogP contribution in [0.25, 0.3) is 11.0 Å². The third-order valence-corrected chi connectivity index (χ3v) is 3.46. The number of aryl methyl sites for hydroxylation is 1. The Hall–Kier alpha value is -2.69. The molecule has 21 heavy (non-hydrogen) atoms. The van der Waals surface area contributed by atoms with Gasteiger partial charge >= 0.3 is 0 Å². The van der Waals surface area contributed by atoms with Gasteiger partial charge in [0.25, 0.3) is 5.91 Å². The van der Waals surface area contributed by atoms with Gasteiger partial charge in [0.1, 0.15) is 5.82 Å². The summed E-state index contributed by atoms with van der Waals surface area (Å²) in [5.74, 6) is 0.877. The quantitative estimate of drug-likeness (QED) is 0.794. The summed E-state index contributed by atoms with van der Waals surface area (Å²) >= 11 is 0. The van der Waals surface area contributed by atoms with Crippen molar-refractivity contribution in [1.29, 1.82) is 0 Å². The molecule has 0 bridgehead atoms. The number of carbonyl (C=O) groups is 1. The molecule has 5 heteroatoms. The molecule has 1 N–H and O–H groups in total. The van der Waals surface area contributed by atoms with Crippen LogP contribution in [0.15, 0.2) is 48.8 Å². The summed E-state index contributed by atoms with van der Waals surface area (Å²) in [7, 11) is 2.00. The van der Waals surface area contributed by atoms with Crippen LogP contribution >= 0.6 is 0 Å². The van der Waals surface area contributed by atoms with Crippen molar-refractivity contribution in [3.63, 3.8) is 0 Å². The maximum atomic E-state index is 11.9. The second-order valence-electron chi connectivity index (χ2n) is 4.82. The second kappa shape index (κ2) is 5.75. The Morgan fingerprint density at radius 1 is 1.19 bits per heavy atom. The van der Waals surface area contributed by atoms with Crippen LogP contribution in [0.3, 0.4) is 0 Å². The van der Waals surface area contributed by atoms with Crippen molar-refractivity contribution in [3.8, 4) is 0 Å². The van der Waals surface area contributed by atoms with Crippen molar-refractivity contribution in [2.45, 2.75) is 6.42 Å². The van der Waals surface area contributed by atoms with Crippen molar-refractivity contribution >= 4 is 16.9 Å². The highest BCUT2D eigenvalue weighted by atomic mass is 16.1. The van der Waals surface area contributed by atoms with E-state index in [0.29, 0.717) is 18.5 Å². The van der Waals surface area contributed by atoms with E-state index in [2.05, 4.69) is 19.9 Å². The SMILES string of the molecule is Cn1c(CCNC(=O)c2ccncc2)nc2ccccc21. The van der Waals surface area contributed by atoms with E-state index >= 15 is 0 Å². The van der Waals surface area contributed by atoms with E-state index in [9.17, 15) is 4.79 Å². The highest BCUT2D eigenvalue weighted by Crippen LogP contribution is 2.14. The third kappa shape index (κ3) is 2.76. The molecule has 0 aliphatic heterocycles. The fourth-order valence-corrected chi connectivity index (χ4v) is 2.31. The monoisotopic (exact) mass is 280 g/mol. The fraction of sp³-hybridized carbons (Fsp3) is 0.188. The van der Waals surface area contributed by atoms with Crippen molar-refractivity contribution in [3.05, 3.63) is 60.2 Å². The predicted molar refractivity (Wildman–Crippen MR) is 81.0 cm³/mol. The summed E-state index contributed by atoms with van der Waals surface area (Å²) in [6.07, 6.45) is 3.92. The zero-order valence-corrected chi connectivity index (χ0v) is 11.8. The lowest BCUT2D eigenvalue weighted by atomic mass is 10.2. The van der Waals surface area contributed by atoms with E-state index in [1.54, 1.807) is 24.5 Å². The number of pyridine rings is 1. The molecule has 0 aliphatic rings. The summed E-state index contributed by atoms with van der Waals surface area (Å²) < 4.78 is 2.06. The maximum Gasteiger partial charge on any atom is 0.251 e. The number of para-hydroxylation sites is 2. The van der Waals surface area contributed by atoms with Crippen molar-refractivity contribution < 1.29 is 4.79 Å². The fourth-order valence-electron chi connectivity index (χ4n) is 2.31. The Balaban J connectivity index is 1.65. The van der Waals surface area contributed by atoms with Gasteiger partial charge in [0.15, 0.2) is 0 Å². The Kier molecular flexibility index (Phi) is 3.64. The standard InChI is InChI=1S/C16H16N4O/c1-20-14-5-3-2-4-13(14)19-15(20)8-11-18-16(21)12-6-9-17-10-7-12/h2-7,9-10H,8,11H2,1H3,(H,18,21). The number of hydrogen-bond acceptors (Lipinski definition) is 3. The van der Waals surface area contributed by atoms with Crippen LogP contribution in [0, 0.1) is 0 Å². The first-order valence-electron chi connectivity index (χ1n) is 6.84. The lowest BCUT2D eigenvalue weighted by molar-refractivity contribution is 0.0954. The van der Waals surface area contributed by atoms with E-state index in [4.69, 9.17) is 0 Å². The zero-order valence-electron chi connectivity index (χ0n) is 11.8. The number of amides is 1. The average molecular weight is 280 g/mol. The summed E-state index contributed by atoms with van der Waals surface area (Å²) in [5, 5.41) is 2.90. The first-order chi connectivity index (χ1) is 10.3. The molecule has 3 aromatic rings. The number of nitrogens with zero attached hydrogens (tertiary/aromatic N) is 3. The molecule has 5 nitrogen and oxygen atoms in total. The number of hydrogen-bond donors (Lipinski definition) is 1. The lowest BCUT2D eigenvalue weighted by Gasteiger charge is -2.05. The maximum absolute atomic E-state index is 11.9. The topological polar surface area (TPSA) is 59.8 Å². The molecule has 3 rings (SSSR count). The van der Waals surface area contributed by atoms with Gasteiger partial charge < -0.3 is 9.88 Å². The van der Waals surface area contributed by atoms with Crippen LogP contribution < -0.4 is 5.32 Å². The molecular weight excluding hydrogens is 264 g/mol. The van der Waals surface area contributed by atoms with Crippen LogP contribution in [0.5, 0.6) is 0 Å². The summed E-state index contributed by atoms with van der Waals surface area (Å²) in [4.78, 5) is 20.4. The third-order valence-electron chi connectivity index (χ3n) is 3.46. The molecule has 0 aliphatic carbocycles. The van der Waals surface area contributed by atoms with E-state index < -0.39 is 0 Å². The Bertz CT molecular complexity index is 764. The van der Waals surface area contributed by atoms with Gasteiger partial charge in [-0.2, -0.15) is 0 Å². The molecule has 0 atom stereocenters. The van der Waals surface area contributed by atoms with Gasteiger partial charge in [0, 0.05) is 38.0 Å². The van der Waals surface area contributed by atoms with Gasteiger partial charge in [0.2, 0.25) is 0 Å². The normalized spacial score (nSPS) is 10.7. The molecule has 0 fully saturated rings. The van der Waals surface area contributed by atoms with Crippen LogP contribution in [-0.4, -0.2) is 27.0 Å². The van der Waals surface area contributed by atoms with Crippen molar-refractivity contribution in [2.24, 2.45) is 7.05 Å². The highest BCUT2D eigenvalue weighted by molar-refractivity contribution is 5.93. The van der Waals surface area contributed by atoms with Crippen LogP contribution in [0.1, 0.15) is 16.2 Å². The number of imidazole rings is 1. The van der Waals surface area contributed by atoms with E-state index in [1.807, 2.05) is 31.3 Å². The molecule has 0 saturated carbocycles. The number of rotatable bonds is 4. The number of fused-ring (bicyclic) bond motifs is 1. The van der Waals surface area contributed by atoms with Crippen LogP contribution in [0.2, 0.25) is 0 Å². The van der Waals surface area contributed by atoms with Gasteiger partial charge in [-0.05, 0) is 24.3 Å². The average Bonchev–Trinajstić information content (AvgIpc) is 2.85. The summed E-state index contributed by atoms with van der Waals surface area (Å²) in [6, 6.07) is 11.4. The largest absolute Gasteiger partial charge is 0.352 e. The summed E-state index contributed by atoms with van der Waals surface area (Å²) in [5.41, 5.74) is 2.71. The first kappa shape index (κ1) is 13.3. The van der Waals surface area contributed by atoms with E-state index in [-0.39, 0.29) is 5.91 Å². The van der Waals surface area contributed by atoms with Gasteiger partial charge in [-0.1, -0.05) is 12.1 Å². The molecule has 1 amide bonds. The minimum Gasteiger partial charge on any atom is -0.352 e. The molecular formula is C16H16N4O. The first-order valence-corrected chi connectivity index (χ1v) is 6.84. The molecule has 0 radical (unpaired) electrons. The Labute approximate surface area is 122 Å². The highest BCUT2D eigenvalue weighted by Gasteiger charge is 2.08. The van der Waals surface area contributed by atoms with E-state index in [1.165, 1.54) is 0 Å². The number of benzene rings is 1. The van der Waals surface area contributed by atoms with Gasteiger partial charge in [-0.3, -0.25) is 9.78 Å². The molecule has 0 saturated heterocycles. The van der Waals surface area contributed by atoms with Crippen molar-refractivity contribution in [2.75, 3.05) is 6.54 Å². The van der Waals surface area contributed by atoms with Crippen LogP contribution in [-0.2, 0) is 13.5 Å². The van der Waals surface area contributed by atoms with E-state index in [0.717, 1.165) is 16.9 Å². The lowest BCUT2D eigenvalue weighted by Crippen LogP contribution is -2.26. The van der Waals surface area contributed by atoms with Gasteiger partial charge in [0.05, 0.1) is 11.0 Å². The molecule has 0 unspecified atom stereocenters. The van der Waals surface area contributed by atoms with Gasteiger partial charge in [-0.25, -0.2) is 4.98 Å². The Morgan fingerprint density at radius 3 is 2.71 bits per heavy atom. The predicted octanol–water partition coefficient (Wildman–Crippen LogP) is 1.94. The number of nitrogens with one attached hydrogen (secondary N) is 1. The minimum atomic E-state index is -0.0869. The summed E-state index contributed by atoms with van der Waals surface area (Å²) in [6.45, 7) is 0.554. The number of aromatic nitrogens is 3. The molecule has 106 valence electrons. The van der Waals surface area contributed by atoms with Crippen LogP contribution in [0.4, 0.5) is 0 Å². The van der Waals surface area contributed by atoms with Crippen molar-refractivity contribution in [1.82, 2.24) is 19.9 Å². The number of carbonyl (C=O) groups excluding carboxylic acids is 1. The molecule has 0 spiro atoms. The smallest absolute Gasteiger partial charge is 0.251 e. The second-order valence-corrected chi connectivity index (χ2v) is 4.82. The molecule has 2 heterocycles. The Morgan fingerprint density at radius 2 is 1.95 bits per heavy atom. The minimum absolute atomic E-state index is 0.0869.